The largest absolute Gasteiger partial charge is 0.507 e. The van der Waals surface area contributed by atoms with Crippen LogP contribution in [-0.2, 0) is 9.59 Å². The van der Waals surface area contributed by atoms with Gasteiger partial charge < -0.3 is 34.9 Å². The second kappa shape index (κ2) is 14.4. The van der Waals surface area contributed by atoms with Gasteiger partial charge in [-0.2, -0.15) is 0 Å². The predicted molar refractivity (Wildman–Crippen MR) is 206 cm³/mol. The van der Waals surface area contributed by atoms with E-state index in [1.807, 2.05) is 26.8 Å². The van der Waals surface area contributed by atoms with Crippen molar-refractivity contribution < 1.29 is 33.5 Å². The highest BCUT2D eigenvalue weighted by atomic mass is 19.1. The van der Waals surface area contributed by atoms with Crippen LogP contribution >= 0.6 is 0 Å². The molecule has 2 unspecified atom stereocenters. The normalized spacial score (nSPS) is 24.8. The molecule has 6 amide bonds. The molecule has 296 valence electrons. The Morgan fingerprint density at radius 2 is 1.58 bits per heavy atom. The lowest BCUT2D eigenvalue weighted by atomic mass is 9.90. The van der Waals surface area contributed by atoms with E-state index in [0.717, 1.165) is 16.3 Å². The summed E-state index contributed by atoms with van der Waals surface area (Å²) in [4.78, 5) is 75.2. The SMILES string of the molecule is C=C([C@H]1CCN(c2ccc3c(c2)C(=O)N(C2CCC(=O)NC2=O)C3=O)C[C@@H]1F)N1CCN(C(=O)N2CCN3c4cc(-c5ccccc5O)nnc4NCC3C2)CC1. The van der Waals surface area contributed by atoms with Crippen LogP contribution in [0.5, 0.6) is 5.75 Å². The van der Waals surface area contributed by atoms with Gasteiger partial charge in [0.15, 0.2) is 5.82 Å². The van der Waals surface area contributed by atoms with E-state index in [1.54, 1.807) is 36.4 Å². The van der Waals surface area contributed by atoms with E-state index in [2.05, 4.69) is 37.2 Å². The fourth-order valence-corrected chi connectivity index (χ4v) is 9.07. The van der Waals surface area contributed by atoms with Crippen LogP contribution in [0.1, 0.15) is 40.0 Å². The maximum atomic E-state index is 16.0. The number of phenolic OH excluding ortho intramolecular Hbond substituents is 1. The fraction of sp³-hybridized carbons (Fsp3) is 0.425. The molecule has 3 N–H and O–H groups in total. The number of carbonyl (C=O) groups excluding carboxylic acids is 5. The minimum Gasteiger partial charge on any atom is -0.507 e. The molecule has 0 bridgehead atoms. The zero-order chi connectivity index (χ0) is 39.5. The molecule has 4 fully saturated rings. The summed E-state index contributed by atoms with van der Waals surface area (Å²) >= 11 is 0. The molecule has 2 aromatic carbocycles. The highest BCUT2D eigenvalue weighted by Gasteiger charge is 2.45. The first-order valence-corrected chi connectivity index (χ1v) is 19.4. The van der Waals surface area contributed by atoms with Crippen LogP contribution in [0.25, 0.3) is 11.3 Å². The number of piperazine rings is 2. The molecule has 4 atom stereocenters. The van der Waals surface area contributed by atoms with Gasteiger partial charge in [0.05, 0.1) is 28.6 Å². The number of benzene rings is 2. The number of halogens is 1. The number of carbonyl (C=O) groups is 5. The minimum atomic E-state index is -1.23. The Labute approximate surface area is 327 Å². The number of nitrogens with zero attached hydrogens (tertiary/aromatic N) is 8. The van der Waals surface area contributed by atoms with Crippen LogP contribution in [0.3, 0.4) is 0 Å². The Morgan fingerprint density at radius 3 is 2.35 bits per heavy atom. The van der Waals surface area contributed by atoms with E-state index in [4.69, 9.17) is 0 Å². The van der Waals surface area contributed by atoms with Crippen molar-refractivity contribution in [1.82, 2.24) is 35.1 Å². The number of allylic oxidation sites excluding steroid dienone is 1. The summed E-state index contributed by atoms with van der Waals surface area (Å²) in [6.07, 6.45) is -0.631. The van der Waals surface area contributed by atoms with Gasteiger partial charge in [-0.05, 0) is 49.2 Å². The summed E-state index contributed by atoms with van der Waals surface area (Å²) in [6, 6.07) is 12.8. The Kier molecular flexibility index (Phi) is 9.16. The van der Waals surface area contributed by atoms with Crippen LogP contribution in [-0.4, -0.2) is 148 Å². The van der Waals surface area contributed by atoms with E-state index in [1.165, 1.54) is 0 Å². The molecule has 6 aliphatic heterocycles. The Hall–Kier alpha value is -6.26. The zero-order valence-electron chi connectivity index (χ0n) is 31.3. The van der Waals surface area contributed by atoms with Gasteiger partial charge in [0.1, 0.15) is 18.0 Å². The van der Waals surface area contributed by atoms with Gasteiger partial charge in [-0.1, -0.05) is 18.7 Å². The molecule has 0 aliphatic carbocycles. The van der Waals surface area contributed by atoms with Crippen LogP contribution in [0, 0.1) is 5.92 Å². The average Bonchev–Trinajstić information content (AvgIpc) is 3.47. The number of anilines is 3. The molecule has 4 saturated heterocycles. The quantitative estimate of drug-likeness (QED) is 0.323. The molecule has 17 heteroatoms. The van der Waals surface area contributed by atoms with Gasteiger partial charge in [0.25, 0.3) is 11.8 Å². The number of hydrogen-bond acceptors (Lipinski definition) is 12. The summed E-state index contributed by atoms with van der Waals surface area (Å²) in [6.45, 7) is 9.33. The molecule has 0 spiro atoms. The van der Waals surface area contributed by atoms with Crippen LogP contribution in [0.2, 0.25) is 0 Å². The van der Waals surface area contributed by atoms with Crippen LogP contribution in [0.4, 0.5) is 26.4 Å². The number of alkyl halides is 1. The Balaban J connectivity index is 0.776. The number of urea groups is 1. The molecule has 1 aromatic heterocycles. The lowest BCUT2D eigenvalue weighted by Gasteiger charge is -2.47. The van der Waals surface area contributed by atoms with E-state index < -0.39 is 41.8 Å². The monoisotopic (exact) mass is 778 g/mol. The lowest BCUT2D eigenvalue weighted by Crippen LogP contribution is -2.62. The van der Waals surface area contributed by atoms with Crippen molar-refractivity contribution >= 4 is 46.9 Å². The molecule has 7 heterocycles. The number of fused-ring (bicyclic) bond motifs is 4. The fourth-order valence-electron chi connectivity index (χ4n) is 9.07. The minimum absolute atomic E-state index is 0.0140. The highest BCUT2D eigenvalue weighted by molar-refractivity contribution is 6.23. The van der Waals surface area contributed by atoms with Crippen molar-refractivity contribution in [3.8, 4) is 17.0 Å². The zero-order valence-corrected chi connectivity index (χ0v) is 31.3. The first kappa shape index (κ1) is 36.4. The third kappa shape index (κ3) is 6.43. The van der Waals surface area contributed by atoms with Crippen molar-refractivity contribution in [1.29, 1.82) is 0 Å². The van der Waals surface area contributed by atoms with Gasteiger partial charge in [0.2, 0.25) is 11.8 Å². The predicted octanol–water partition coefficient (Wildman–Crippen LogP) is 2.28. The van der Waals surface area contributed by atoms with Gasteiger partial charge in [-0.25, -0.2) is 9.18 Å². The molecule has 0 radical (unpaired) electrons. The second-order valence-electron chi connectivity index (χ2n) is 15.4. The van der Waals surface area contributed by atoms with E-state index >= 15 is 4.39 Å². The molecule has 6 aliphatic rings. The molecular formula is C40H43FN10O6. The number of aromatic hydroxyl groups is 1. The summed E-state index contributed by atoms with van der Waals surface area (Å²) < 4.78 is 16.0. The number of amides is 6. The number of nitrogens with one attached hydrogen (secondary N) is 2. The third-order valence-electron chi connectivity index (χ3n) is 12.2. The number of piperidine rings is 2. The standard InChI is InChI=1S/C40H43FN10O6/c1-23(26-10-11-48(22-30(26)41)24-6-7-27-29(18-24)39(56)51(38(27)55)32-8-9-35(53)43-37(32)54)46-12-14-47(15-13-46)40(57)49-16-17-50-25(21-49)20-42-36-33(50)19-31(44-45-36)28-4-2-3-5-34(28)52/h2-7,18-19,25-26,30,32,52H,1,8-17,20-22H2,(H,42,45)(H,43,53,54)/t25?,26-,30+,32?/m1/s1. The van der Waals surface area contributed by atoms with Crippen molar-refractivity contribution in [2.75, 3.05) is 80.6 Å². The van der Waals surface area contributed by atoms with Gasteiger partial charge >= 0.3 is 6.03 Å². The first-order valence-electron chi connectivity index (χ1n) is 19.4. The Morgan fingerprint density at radius 1 is 0.825 bits per heavy atom. The summed E-state index contributed by atoms with van der Waals surface area (Å²) in [7, 11) is 0. The van der Waals surface area contributed by atoms with Gasteiger partial charge in [-0.3, -0.25) is 29.4 Å². The van der Waals surface area contributed by atoms with Gasteiger partial charge in [-0.15, -0.1) is 10.2 Å². The molecule has 0 saturated carbocycles. The summed E-state index contributed by atoms with van der Waals surface area (Å²) in [5, 5.41) is 24.6. The molecule has 57 heavy (non-hydrogen) atoms. The molecular weight excluding hydrogens is 736 g/mol. The number of aromatic nitrogens is 2. The smallest absolute Gasteiger partial charge is 0.320 e. The number of rotatable bonds is 5. The molecule has 16 nitrogen and oxygen atoms in total. The van der Waals surface area contributed by atoms with E-state index in [-0.39, 0.29) is 48.3 Å². The van der Waals surface area contributed by atoms with Crippen LogP contribution < -0.4 is 20.4 Å². The maximum absolute atomic E-state index is 16.0. The maximum Gasteiger partial charge on any atom is 0.320 e. The topological polar surface area (TPSA) is 175 Å². The Bertz CT molecular complexity index is 2190. The van der Waals surface area contributed by atoms with Crippen molar-refractivity contribution in [3.63, 3.8) is 0 Å². The van der Waals surface area contributed by atoms with Gasteiger partial charge in [0, 0.05) is 94.7 Å². The number of imide groups is 2. The van der Waals surface area contributed by atoms with Crippen molar-refractivity contribution in [2.24, 2.45) is 5.92 Å². The lowest BCUT2D eigenvalue weighted by molar-refractivity contribution is -0.136. The first-order chi connectivity index (χ1) is 27.5. The van der Waals surface area contributed by atoms with Crippen molar-refractivity contribution in [2.45, 2.75) is 37.5 Å². The third-order valence-corrected chi connectivity index (χ3v) is 12.2. The van der Waals surface area contributed by atoms with Crippen LogP contribution in [0.15, 0.2) is 60.8 Å². The number of phenols is 1. The highest BCUT2D eigenvalue weighted by Crippen LogP contribution is 2.37. The van der Waals surface area contributed by atoms with E-state index in [9.17, 15) is 29.1 Å². The molecule has 9 rings (SSSR count). The summed E-state index contributed by atoms with van der Waals surface area (Å²) in [5.41, 5.74) is 3.75. The number of hydrogen-bond donors (Lipinski definition) is 3. The molecule has 3 aromatic rings. The second-order valence-corrected chi connectivity index (χ2v) is 15.4. The van der Waals surface area contributed by atoms with Crippen molar-refractivity contribution in [3.05, 3.63) is 71.9 Å². The summed E-state index contributed by atoms with van der Waals surface area (Å²) in [5.74, 6) is -1.88. The average molecular weight is 779 g/mol. The number of para-hydroxylation sites is 1. The van der Waals surface area contributed by atoms with E-state index in [0.29, 0.717) is 88.1 Å².